The lowest BCUT2D eigenvalue weighted by atomic mass is 10.1. The van der Waals surface area contributed by atoms with Crippen LogP contribution in [0.4, 0.5) is 0 Å². The average molecular weight is 203 g/mol. The third-order valence-electron chi connectivity index (χ3n) is 2.07. The summed E-state index contributed by atoms with van der Waals surface area (Å²) in [5.74, 6) is 0.164. The summed E-state index contributed by atoms with van der Waals surface area (Å²) in [4.78, 5) is 0. The Bertz CT molecular complexity index is 476. The largest absolute Gasteiger partial charge is 0.190 e. The van der Waals surface area contributed by atoms with Crippen LogP contribution >= 0.6 is 11.5 Å². The molecule has 0 aromatic heterocycles. The van der Waals surface area contributed by atoms with E-state index in [9.17, 15) is 0 Å². The average Bonchev–Trinajstić information content (AvgIpc) is 2.88. The van der Waals surface area contributed by atoms with Crippen LogP contribution in [-0.2, 0) is 0 Å². The molecule has 0 spiro atoms. The lowest BCUT2D eigenvalue weighted by Gasteiger charge is -2.04. The maximum absolute atomic E-state index is 4.08. The number of rotatable bonds is 1. The third kappa shape index (κ3) is 1.04. The molecule has 0 N–H and O–H groups in total. The first-order chi connectivity index (χ1) is 6.95. The van der Waals surface area contributed by atoms with Crippen LogP contribution in [0.3, 0.4) is 0 Å². The fraction of sp³-hybridized carbons (Fsp3) is 0.125. The molecule has 0 unspecified atom stereocenters. The highest BCUT2D eigenvalue weighted by Crippen LogP contribution is 2.29. The maximum atomic E-state index is 4.08. The number of nitrogens with zero attached hydrogens (tertiary/aromatic N) is 5. The Morgan fingerprint density at radius 1 is 1.07 bits per heavy atom. The number of allylic oxidation sites excluding steroid dienone is 4. The molecule has 2 heterocycles. The van der Waals surface area contributed by atoms with Gasteiger partial charge in [-0.2, -0.15) is 0 Å². The minimum absolute atomic E-state index is 0.164. The molecule has 0 amide bonds. The standard InChI is InChI=1S/C8H5N5S/c1-2-4-5(3-1)6-7-8(11-12-9-7)14-13-10-6/h1-5H. The molecular formula is C8H5N5S. The van der Waals surface area contributed by atoms with Crippen LogP contribution in [0.15, 0.2) is 24.3 Å². The Hall–Kier alpha value is -1.69. The molecule has 0 radical (unpaired) electrons. The molecule has 14 heavy (non-hydrogen) atoms. The van der Waals surface area contributed by atoms with E-state index in [-0.39, 0.29) is 5.92 Å². The first-order valence-electron chi connectivity index (χ1n) is 4.11. The van der Waals surface area contributed by atoms with Gasteiger partial charge in [-0.05, 0) is 5.21 Å². The van der Waals surface area contributed by atoms with Gasteiger partial charge in [0.25, 0.3) is 0 Å². The molecule has 2 aliphatic heterocycles. The molecule has 0 saturated carbocycles. The highest BCUT2D eigenvalue weighted by Gasteiger charge is 2.21. The topological polar surface area (TPSA) is 64.5 Å². The van der Waals surface area contributed by atoms with Crippen molar-refractivity contribution in [1.29, 1.82) is 0 Å². The second kappa shape index (κ2) is 2.91. The van der Waals surface area contributed by atoms with E-state index in [1.807, 2.05) is 24.3 Å². The van der Waals surface area contributed by atoms with Crippen molar-refractivity contribution < 1.29 is 0 Å². The van der Waals surface area contributed by atoms with Crippen molar-refractivity contribution in [3.05, 3.63) is 30.0 Å². The van der Waals surface area contributed by atoms with Crippen molar-refractivity contribution in [1.82, 2.24) is 25.0 Å². The van der Waals surface area contributed by atoms with Gasteiger partial charge in [0.2, 0.25) is 0 Å². The summed E-state index contributed by atoms with van der Waals surface area (Å²) in [5.41, 5.74) is 1.58. The molecule has 0 bridgehead atoms. The molecule has 0 saturated heterocycles. The number of aromatic nitrogens is 5. The van der Waals surface area contributed by atoms with E-state index in [0.717, 1.165) is 16.4 Å². The van der Waals surface area contributed by atoms with E-state index in [1.165, 1.54) is 11.5 Å². The Morgan fingerprint density at radius 2 is 1.93 bits per heavy atom. The van der Waals surface area contributed by atoms with Gasteiger partial charge in [-0.3, -0.25) is 0 Å². The maximum Gasteiger partial charge on any atom is 0.190 e. The van der Waals surface area contributed by atoms with Crippen LogP contribution in [0.2, 0.25) is 0 Å². The lowest BCUT2D eigenvalue weighted by molar-refractivity contribution is 0.918. The number of hydrogen-bond acceptors (Lipinski definition) is 6. The number of fused-ring (bicyclic) bond motifs is 1. The minimum atomic E-state index is 0.164. The molecule has 0 aromatic carbocycles. The zero-order valence-corrected chi connectivity index (χ0v) is 7.85. The molecular weight excluding hydrogens is 198 g/mol. The Kier molecular flexibility index (Phi) is 1.60. The van der Waals surface area contributed by atoms with Crippen LogP contribution < -0.4 is 0 Å². The minimum Gasteiger partial charge on any atom is -0.141 e. The van der Waals surface area contributed by atoms with E-state index in [1.54, 1.807) is 0 Å². The van der Waals surface area contributed by atoms with Crippen LogP contribution in [0.25, 0.3) is 10.7 Å². The van der Waals surface area contributed by atoms with Gasteiger partial charge in [0.1, 0.15) is 5.69 Å². The highest BCUT2D eigenvalue weighted by atomic mass is 32.1. The molecule has 1 aliphatic carbocycles. The van der Waals surface area contributed by atoms with Crippen molar-refractivity contribution in [3.63, 3.8) is 0 Å². The zero-order valence-electron chi connectivity index (χ0n) is 7.03. The second-order valence-corrected chi connectivity index (χ2v) is 3.63. The molecule has 3 rings (SSSR count). The fourth-order valence-electron chi connectivity index (χ4n) is 1.41. The normalized spacial score (nSPS) is 15.7. The Balaban J connectivity index is 2.17. The van der Waals surface area contributed by atoms with Gasteiger partial charge in [-0.1, -0.05) is 28.8 Å². The van der Waals surface area contributed by atoms with E-state index >= 15 is 0 Å². The van der Waals surface area contributed by atoms with Crippen molar-refractivity contribution >= 4 is 11.5 Å². The van der Waals surface area contributed by atoms with Gasteiger partial charge in [0, 0.05) is 17.5 Å². The van der Waals surface area contributed by atoms with Gasteiger partial charge >= 0.3 is 0 Å². The highest BCUT2D eigenvalue weighted by molar-refractivity contribution is 7.08. The molecule has 0 aromatic rings. The molecule has 68 valence electrons. The molecule has 0 fully saturated rings. The van der Waals surface area contributed by atoms with E-state index < -0.39 is 0 Å². The summed E-state index contributed by atoms with van der Waals surface area (Å²) in [7, 11) is 0. The van der Waals surface area contributed by atoms with Crippen molar-refractivity contribution in [2.75, 3.05) is 0 Å². The Labute approximate surface area is 83.7 Å². The quantitative estimate of drug-likeness (QED) is 0.692. The fourth-order valence-corrected chi connectivity index (χ4v) is 1.92. The number of hydrogen-bond donors (Lipinski definition) is 0. The smallest absolute Gasteiger partial charge is 0.141 e. The van der Waals surface area contributed by atoms with Crippen LogP contribution in [0.1, 0.15) is 11.6 Å². The second-order valence-electron chi connectivity index (χ2n) is 2.90. The summed E-state index contributed by atoms with van der Waals surface area (Å²) in [6, 6.07) is 0. The van der Waals surface area contributed by atoms with Gasteiger partial charge in [-0.25, -0.2) is 0 Å². The molecule has 5 nitrogen and oxygen atoms in total. The van der Waals surface area contributed by atoms with Crippen molar-refractivity contribution in [2.45, 2.75) is 5.92 Å². The van der Waals surface area contributed by atoms with Crippen molar-refractivity contribution in [2.24, 2.45) is 0 Å². The van der Waals surface area contributed by atoms with Gasteiger partial charge in [0.05, 0.1) is 0 Å². The molecule has 3 aliphatic rings. The van der Waals surface area contributed by atoms with Crippen LogP contribution in [0.5, 0.6) is 0 Å². The Morgan fingerprint density at radius 3 is 2.79 bits per heavy atom. The molecule has 6 heteroatoms. The lowest BCUT2D eigenvalue weighted by Crippen LogP contribution is -1.99. The zero-order chi connectivity index (χ0) is 9.38. The summed E-state index contributed by atoms with van der Waals surface area (Å²) in [6.07, 6.45) is 8.06. The summed E-state index contributed by atoms with van der Waals surface area (Å²) in [6.45, 7) is 0. The first kappa shape index (κ1) is 7.69. The van der Waals surface area contributed by atoms with Gasteiger partial charge in [-0.15, -0.1) is 15.3 Å². The van der Waals surface area contributed by atoms with Gasteiger partial charge < -0.3 is 0 Å². The van der Waals surface area contributed by atoms with E-state index in [0.29, 0.717) is 0 Å². The van der Waals surface area contributed by atoms with Crippen molar-refractivity contribution in [3.8, 4) is 10.7 Å². The SMILES string of the molecule is C1=CC(c2nnsc3nnnc2-3)C=C1. The van der Waals surface area contributed by atoms with E-state index in [2.05, 4.69) is 25.0 Å². The van der Waals surface area contributed by atoms with Crippen LogP contribution in [-0.4, -0.2) is 25.0 Å². The third-order valence-corrected chi connectivity index (χ3v) is 2.68. The summed E-state index contributed by atoms with van der Waals surface area (Å²) in [5, 5.41) is 16.2. The van der Waals surface area contributed by atoms with E-state index in [4.69, 9.17) is 0 Å². The first-order valence-corrected chi connectivity index (χ1v) is 4.89. The predicted molar refractivity (Wildman–Crippen MR) is 50.9 cm³/mol. The van der Waals surface area contributed by atoms with Gasteiger partial charge in [0.15, 0.2) is 10.7 Å². The molecule has 0 atom stereocenters. The summed E-state index contributed by atoms with van der Waals surface area (Å²) >= 11 is 1.21. The predicted octanol–water partition coefficient (Wildman–Crippen LogP) is 1.04. The summed E-state index contributed by atoms with van der Waals surface area (Å²) < 4.78 is 3.91. The van der Waals surface area contributed by atoms with Crippen LogP contribution in [0, 0.1) is 0 Å². The monoisotopic (exact) mass is 203 g/mol.